The topological polar surface area (TPSA) is 101 Å². The monoisotopic (exact) mass is 414 g/mol. The molecule has 2 aromatic rings. The molecule has 0 aliphatic carbocycles. The standard InChI is InChI=1S/C16H22N4O3S3/c1-4-12(3)24-16-20-19-15(25-16)18-14(21)9-10-17-26(22,23)13-7-5-11(2)6-8-13/h5-8,12,17H,4,9-10H2,1-3H3,(H,18,19,21). The molecule has 1 aromatic carbocycles. The Hall–Kier alpha value is -1.49. The zero-order chi connectivity index (χ0) is 19.2. The highest BCUT2D eigenvalue weighted by molar-refractivity contribution is 8.01. The Morgan fingerprint density at radius 2 is 1.96 bits per heavy atom. The second-order valence-electron chi connectivity index (χ2n) is 5.72. The maximum Gasteiger partial charge on any atom is 0.240 e. The first-order valence-corrected chi connectivity index (χ1v) is 11.3. The van der Waals surface area contributed by atoms with Gasteiger partial charge in [-0.3, -0.25) is 4.79 Å². The van der Waals surface area contributed by atoms with Crippen molar-refractivity contribution < 1.29 is 13.2 Å². The number of sulfonamides is 1. The Balaban J connectivity index is 1.81. The van der Waals surface area contributed by atoms with E-state index in [1.807, 2.05) is 6.92 Å². The van der Waals surface area contributed by atoms with Gasteiger partial charge in [-0.1, -0.05) is 54.6 Å². The van der Waals surface area contributed by atoms with E-state index in [2.05, 4.69) is 34.1 Å². The number of nitrogens with zero attached hydrogens (tertiary/aromatic N) is 2. The molecule has 0 bridgehead atoms. The summed E-state index contributed by atoms with van der Waals surface area (Å²) in [6.45, 7) is 6.09. The zero-order valence-corrected chi connectivity index (χ0v) is 17.3. The number of rotatable bonds is 9. The van der Waals surface area contributed by atoms with Crippen LogP contribution in [0.15, 0.2) is 33.5 Å². The predicted molar refractivity (Wildman–Crippen MR) is 105 cm³/mol. The van der Waals surface area contributed by atoms with E-state index >= 15 is 0 Å². The summed E-state index contributed by atoms with van der Waals surface area (Å²) in [7, 11) is -3.62. The Kier molecular flexibility index (Phi) is 7.56. The summed E-state index contributed by atoms with van der Waals surface area (Å²) in [5.74, 6) is -0.312. The Morgan fingerprint density at radius 3 is 2.62 bits per heavy atom. The fourth-order valence-electron chi connectivity index (χ4n) is 1.84. The summed E-state index contributed by atoms with van der Waals surface area (Å²) >= 11 is 2.93. The van der Waals surface area contributed by atoms with Crippen molar-refractivity contribution in [2.45, 2.75) is 48.1 Å². The third kappa shape index (κ3) is 6.35. The lowest BCUT2D eigenvalue weighted by molar-refractivity contribution is -0.116. The van der Waals surface area contributed by atoms with Crippen molar-refractivity contribution in [1.82, 2.24) is 14.9 Å². The second-order valence-corrected chi connectivity index (χ2v) is 10.1. The number of aryl methyl sites for hydroxylation is 1. The summed E-state index contributed by atoms with van der Waals surface area (Å²) in [5, 5.41) is 11.5. The van der Waals surface area contributed by atoms with Crippen LogP contribution in [0.5, 0.6) is 0 Å². The number of anilines is 1. The van der Waals surface area contributed by atoms with Crippen molar-refractivity contribution in [2.75, 3.05) is 11.9 Å². The minimum Gasteiger partial charge on any atom is -0.300 e. The van der Waals surface area contributed by atoms with Crippen LogP contribution >= 0.6 is 23.1 Å². The molecule has 0 saturated carbocycles. The van der Waals surface area contributed by atoms with Gasteiger partial charge in [0.15, 0.2) is 4.34 Å². The van der Waals surface area contributed by atoms with E-state index in [0.29, 0.717) is 10.4 Å². The fourth-order valence-corrected chi connectivity index (χ4v) is 4.89. The Morgan fingerprint density at radius 1 is 1.27 bits per heavy atom. The molecule has 142 valence electrons. The molecule has 1 amide bonds. The van der Waals surface area contributed by atoms with Gasteiger partial charge < -0.3 is 5.32 Å². The van der Waals surface area contributed by atoms with Gasteiger partial charge in [0.1, 0.15) is 0 Å². The van der Waals surface area contributed by atoms with Crippen molar-refractivity contribution in [3.63, 3.8) is 0 Å². The fraction of sp³-hybridized carbons (Fsp3) is 0.438. The summed E-state index contributed by atoms with van der Waals surface area (Å²) in [6.07, 6.45) is 1.03. The average molecular weight is 415 g/mol. The minimum absolute atomic E-state index is 0.00925. The van der Waals surface area contributed by atoms with Crippen LogP contribution in [0.2, 0.25) is 0 Å². The summed E-state index contributed by atoms with van der Waals surface area (Å²) in [5.41, 5.74) is 0.978. The van der Waals surface area contributed by atoms with Crippen molar-refractivity contribution in [3.8, 4) is 0 Å². The number of aromatic nitrogens is 2. The molecule has 7 nitrogen and oxygen atoms in total. The van der Waals surface area contributed by atoms with Crippen molar-refractivity contribution in [1.29, 1.82) is 0 Å². The lowest BCUT2D eigenvalue weighted by Gasteiger charge is -2.07. The maximum absolute atomic E-state index is 12.2. The van der Waals surface area contributed by atoms with Crippen LogP contribution in [-0.4, -0.2) is 36.3 Å². The van der Waals surface area contributed by atoms with Crippen LogP contribution in [-0.2, 0) is 14.8 Å². The molecule has 1 atom stereocenters. The molecule has 2 rings (SSSR count). The highest BCUT2D eigenvalue weighted by Gasteiger charge is 2.15. The van der Waals surface area contributed by atoms with Crippen molar-refractivity contribution in [2.24, 2.45) is 0 Å². The number of hydrogen-bond acceptors (Lipinski definition) is 7. The largest absolute Gasteiger partial charge is 0.300 e. The SMILES string of the molecule is CCC(C)Sc1nnc(NC(=O)CCNS(=O)(=O)c2ccc(C)cc2)s1. The molecule has 0 fully saturated rings. The molecule has 26 heavy (non-hydrogen) atoms. The van der Waals surface area contributed by atoms with Crippen molar-refractivity contribution >= 4 is 44.2 Å². The molecule has 0 aliphatic rings. The number of nitrogens with one attached hydrogen (secondary N) is 2. The van der Waals surface area contributed by atoms with Gasteiger partial charge in [0, 0.05) is 18.2 Å². The van der Waals surface area contributed by atoms with Crippen LogP contribution in [0.4, 0.5) is 5.13 Å². The van der Waals surface area contributed by atoms with Crippen LogP contribution in [0.1, 0.15) is 32.3 Å². The Labute approximate surface area is 162 Å². The molecule has 1 aromatic heterocycles. The van der Waals surface area contributed by atoms with Gasteiger partial charge in [0.2, 0.25) is 21.1 Å². The average Bonchev–Trinajstić information content (AvgIpc) is 3.01. The summed E-state index contributed by atoms with van der Waals surface area (Å²) in [4.78, 5) is 12.1. The highest BCUT2D eigenvalue weighted by atomic mass is 32.2. The zero-order valence-electron chi connectivity index (χ0n) is 14.9. The molecule has 0 saturated heterocycles. The van der Waals surface area contributed by atoms with Gasteiger partial charge in [-0.2, -0.15) is 0 Å². The molecule has 0 radical (unpaired) electrons. The first-order chi connectivity index (χ1) is 12.3. The van der Waals surface area contributed by atoms with Gasteiger partial charge in [-0.05, 0) is 25.5 Å². The van der Waals surface area contributed by atoms with Gasteiger partial charge in [-0.25, -0.2) is 13.1 Å². The molecule has 2 N–H and O–H groups in total. The quantitative estimate of drug-likeness (QED) is 0.483. The van der Waals surface area contributed by atoms with Crippen LogP contribution in [0.3, 0.4) is 0 Å². The number of carbonyl (C=O) groups excluding carboxylic acids is 1. The predicted octanol–water partition coefficient (Wildman–Crippen LogP) is 3.04. The van der Waals surface area contributed by atoms with Gasteiger partial charge in [-0.15, -0.1) is 10.2 Å². The van der Waals surface area contributed by atoms with E-state index in [1.54, 1.807) is 23.9 Å². The third-order valence-corrected chi connectivity index (χ3v) is 7.17. The first kappa shape index (κ1) is 20.8. The van der Waals surface area contributed by atoms with Crippen LogP contribution in [0, 0.1) is 6.92 Å². The Bertz CT molecular complexity index is 835. The summed E-state index contributed by atoms with van der Waals surface area (Å²) < 4.78 is 27.5. The normalized spacial score (nSPS) is 12.7. The third-order valence-electron chi connectivity index (χ3n) is 3.51. The van der Waals surface area contributed by atoms with Gasteiger partial charge >= 0.3 is 0 Å². The minimum atomic E-state index is -3.62. The molecule has 0 spiro atoms. The maximum atomic E-state index is 12.2. The van der Waals surface area contributed by atoms with E-state index in [9.17, 15) is 13.2 Å². The van der Waals surface area contributed by atoms with Gasteiger partial charge in [0.25, 0.3) is 0 Å². The van der Waals surface area contributed by atoms with Crippen LogP contribution in [0.25, 0.3) is 0 Å². The van der Waals surface area contributed by atoms with E-state index < -0.39 is 10.0 Å². The highest BCUT2D eigenvalue weighted by Crippen LogP contribution is 2.29. The molecule has 1 heterocycles. The van der Waals surface area contributed by atoms with Crippen molar-refractivity contribution in [3.05, 3.63) is 29.8 Å². The number of benzene rings is 1. The number of amides is 1. The van der Waals surface area contributed by atoms with Crippen LogP contribution < -0.4 is 10.0 Å². The lowest BCUT2D eigenvalue weighted by Crippen LogP contribution is -2.27. The molecule has 1 unspecified atom stereocenters. The molecule has 10 heteroatoms. The van der Waals surface area contributed by atoms with E-state index in [0.717, 1.165) is 16.3 Å². The number of thioether (sulfide) groups is 1. The number of carbonyl (C=O) groups is 1. The van der Waals surface area contributed by atoms with E-state index in [-0.39, 0.29) is 23.8 Å². The van der Waals surface area contributed by atoms with Gasteiger partial charge in [0.05, 0.1) is 4.90 Å². The van der Waals surface area contributed by atoms with E-state index in [1.165, 1.54) is 23.5 Å². The smallest absolute Gasteiger partial charge is 0.240 e. The van der Waals surface area contributed by atoms with E-state index in [4.69, 9.17) is 0 Å². The molecular formula is C16H22N4O3S3. The number of hydrogen-bond donors (Lipinski definition) is 2. The second kappa shape index (κ2) is 9.45. The summed E-state index contributed by atoms with van der Waals surface area (Å²) in [6, 6.07) is 6.53. The molecule has 0 aliphatic heterocycles. The lowest BCUT2D eigenvalue weighted by atomic mass is 10.2. The molecular weight excluding hydrogens is 392 g/mol. The first-order valence-electron chi connectivity index (χ1n) is 8.16.